The van der Waals surface area contributed by atoms with E-state index in [9.17, 15) is 0 Å². The number of hydroxylamine groups is 1. The van der Waals surface area contributed by atoms with Gasteiger partial charge in [-0.1, -0.05) is 0 Å². The Labute approximate surface area is 66.5 Å². The van der Waals surface area contributed by atoms with E-state index in [2.05, 4.69) is 15.3 Å². The summed E-state index contributed by atoms with van der Waals surface area (Å²) in [4.78, 5) is 13.7. The van der Waals surface area contributed by atoms with Crippen LogP contribution in [-0.4, -0.2) is 33.7 Å². The first-order chi connectivity index (χ1) is 5.41. The summed E-state index contributed by atoms with van der Waals surface area (Å²) in [5, 5.41) is 0. The first-order valence-electron chi connectivity index (χ1n) is 3.49. The summed E-state index contributed by atoms with van der Waals surface area (Å²) in [5.74, 6) is 0. The second-order valence-corrected chi connectivity index (χ2v) is 1.64. The molecule has 68 valence electrons. The van der Waals surface area contributed by atoms with Crippen LogP contribution in [0.25, 0.3) is 0 Å². The third-order valence-electron chi connectivity index (χ3n) is 0.854. The maximum atomic E-state index is 4.88. The normalized spacial score (nSPS) is 10.4. The lowest BCUT2D eigenvalue weighted by molar-refractivity contribution is -0.274. The molecule has 11 heavy (non-hydrogen) atoms. The molecule has 1 N–H and O–H groups in total. The van der Waals surface area contributed by atoms with E-state index in [-0.39, 0.29) is 6.79 Å². The van der Waals surface area contributed by atoms with Crippen molar-refractivity contribution in [2.45, 2.75) is 6.92 Å². The molecule has 0 spiro atoms. The zero-order valence-electron chi connectivity index (χ0n) is 6.96. The monoisotopic (exact) mass is 165 g/mol. The second-order valence-electron chi connectivity index (χ2n) is 1.64. The lowest BCUT2D eigenvalue weighted by Gasteiger charge is -2.04. The van der Waals surface area contributed by atoms with Gasteiger partial charge in [-0.15, -0.1) is 0 Å². The smallest absolute Gasteiger partial charge is 0.166 e. The van der Waals surface area contributed by atoms with Gasteiger partial charge in [0, 0.05) is 13.2 Å². The fourth-order valence-corrected chi connectivity index (χ4v) is 0.406. The quantitative estimate of drug-likeness (QED) is 0.239. The van der Waals surface area contributed by atoms with E-state index in [4.69, 9.17) is 9.57 Å². The van der Waals surface area contributed by atoms with Crippen LogP contribution in [0.5, 0.6) is 0 Å². The van der Waals surface area contributed by atoms with Crippen LogP contribution in [0.4, 0.5) is 0 Å². The van der Waals surface area contributed by atoms with Gasteiger partial charge in [-0.3, -0.25) is 4.84 Å². The molecule has 0 unspecified atom stereocenters. The Hall–Kier alpha value is -0.200. The number of hydrogen-bond acceptors (Lipinski definition) is 5. The van der Waals surface area contributed by atoms with Crippen molar-refractivity contribution in [2.24, 2.45) is 0 Å². The summed E-state index contributed by atoms with van der Waals surface area (Å²) in [6.07, 6.45) is 0. The zero-order valence-corrected chi connectivity index (χ0v) is 6.96. The Morgan fingerprint density at radius 2 is 2.18 bits per heavy atom. The molecular formula is C6H15NO4. The highest BCUT2D eigenvalue weighted by Gasteiger charge is 1.86. The maximum Gasteiger partial charge on any atom is 0.166 e. The lowest BCUT2D eigenvalue weighted by atomic mass is 10.7. The van der Waals surface area contributed by atoms with E-state index in [1.54, 1.807) is 0 Å². The van der Waals surface area contributed by atoms with E-state index < -0.39 is 0 Å². The minimum atomic E-state index is 0.253. The minimum absolute atomic E-state index is 0.253. The molecule has 0 aromatic rings. The zero-order chi connectivity index (χ0) is 8.36. The molecule has 0 rings (SSSR count). The van der Waals surface area contributed by atoms with Crippen molar-refractivity contribution in [1.82, 2.24) is 5.48 Å². The van der Waals surface area contributed by atoms with Gasteiger partial charge in [0.15, 0.2) is 6.79 Å². The molecule has 0 atom stereocenters. The van der Waals surface area contributed by atoms with Gasteiger partial charge in [-0.05, 0) is 6.92 Å². The molecule has 0 amide bonds. The fraction of sp³-hybridized carbons (Fsp3) is 1.00. The summed E-state index contributed by atoms with van der Waals surface area (Å²) >= 11 is 0. The Morgan fingerprint density at radius 1 is 1.36 bits per heavy atom. The van der Waals surface area contributed by atoms with E-state index in [0.29, 0.717) is 19.8 Å². The third kappa shape index (κ3) is 9.80. The number of ether oxygens (including phenoxy) is 1. The highest BCUT2D eigenvalue weighted by Crippen LogP contribution is 1.74. The van der Waals surface area contributed by atoms with Gasteiger partial charge in [0.1, 0.15) is 0 Å². The van der Waals surface area contributed by atoms with Crippen molar-refractivity contribution in [3.8, 4) is 0 Å². The molecule has 0 fully saturated rings. The van der Waals surface area contributed by atoms with Gasteiger partial charge in [0.25, 0.3) is 0 Å². The van der Waals surface area contributed by atoms with Crippen molar-refractivity contribution in [2.75, 3.05) is 33.7 Å². The highest BCUT2D eigenvalue weighted by molar-refractivity contribution is 4.25. The van der Waals surface area contributed by atoms with E-state index >= 15 is 0 Å². The summed E-state index contributed by atoms with van der Waals surface area (Å²) in [6.45, 7) is 3.82. The van der Waals surface area contributed by atoms with E-state index in [1.165, 1.54) is 7.11 Å². The molecule has 0 aromatic heterocycles. The fourth-order valence-electron chi connectivity index (χ4n) is 0.406. The number of rotatable bonds is 8. The first-order valence-corrected chi connectivity index (χ1v) is 3.49. The average molecular weight is 165 g/mol. The second kappa shape index (κ2) is 9.80. The predicted octanol–water partition coefficient (Wildman–Crippen LogP) is 0.0796. The average Bonchev–Trinajstić information content (AvgIpc) is 2.03. The summed E-state index contributed by atoms with van der Waals surface area (Å²) in [5.41, 5.74) is 2.62. The molecule has 0 saturated heterocycles. The van der Waals surface area contributed by atoms with Crippen LogP contribution in [0.1, 0.15) is 6.92 Å². The summed E-state index contributed by atoms with van der Waals surface area (Å²) < 4.78 is 4.88. The SMILES string of the molecule is CCOCONCCOOC. The van der Waals surface area contributed by atoms with Crippen LogP contribution in [0.2, 0.25) is 0 Å². The van der Waals surface area contributed by atoms with Crippen molar-refractivity contribution in [3.05, 3.63) is 0 Å². The maximum absolute atomic E-state index is 4.88. The molecule has 0 aliphatic carbocycles. The first kappa shape index (κ1) is 10.8. The van der Waals surface area contributed by atoms with Gasteiger partial charge in [0.2, 0.25) is 0 Å². The van der Waals surface area contributed by atoms with E-state index in [0.717, 1.165) is 0 Å². The summed E-state index contributed by atoms with van der Waals surface area (Å²) in [6, 6.07) is 0. The van der Waals surface area contributed by atoms with Gasteiger partial charge in [0.05, 0.1) is 13.7 Å². The van der Waals surface area contributed by atoms with Crippen molar-refractivity contribution >= 4 is 0 Å². The molecule has 0 radical (unpaired) electrons. The molecular weight excluding hydrogens is 150 g/mol. The largest absolute Gasteiger partial charge is 0.354 e. The van der Waals surface area contributed by atoms with Crippen LogP contribution in [-0.2, 0) is 19.3 Å². The summed E-state index contributed by atoms with van der Waals surface area (Å²) in [7, 11) is 1.46. The van der Waals surface area contributed by atoms with Crippen LogP contribution in [0.15, 0.2) is 0 Å². The lowest BCUT2D eigenvalue weighted by Crippen LogP contribution is -2.21. The van der Waals surface area contributed by atoms with E-state index in [1.807, 2.05) is 6.92 Å². The molecule has 0 aliphatic heterocycles. The Kier molecular flexibility index (Phi) is 9.62. The molecule has 5 heteroatoms. The Bertz CT molecular complexity index is 63.6. The van der Waals surface area contributed by atoms with Crippen molar-refractivity contribution < 1.29 is 19.3 Å². The highest BCUT2D eigenvalue weighted by atomic mass is 17.2. The standard InChI is InChI=1S/C6H15NO4/c1-3-9-6-10-7-4-5-11-8-2/h7H,3-6H2,1-2H3. The third-order valence-corrected chi connectivity index (χ3v) is 0.854. The van der Waals surface area contributed by atoms with Crippen LogP contribution in [0, 0.1) is 0 Å². The Morgan fingerprint density at radius 3 is 2.82 bits per heavy atom. The molecule has 0 saturated carbocycles. The van der Waals surface area contributed by atoms with Crippen LogP contribution < -0.4 is 5.48 Å². The number of nitrogens with one attached hydrogen (secondary N) is 1. The number of hydrogen-bond donors (Lipinski definition) is 1. The van der Waals surface area contributed by atoms with Crippen molar-refractivity contribution in [1.29, 1.82) is 0 Å². The topological polar surface area (TPSA) is 49.0 Å². The molecule has 0 bridgehead atoms. The molecule has 0 aliphatic rings. The molecule has 0 heterocycles. The van der Waals surface area contributed by atoms with Gasteiger partial charge >= 0.3 is 0 Å². The van der Waals surface area contributed by atoms with Gasteiger partial charge in [-0.2, -0.15) is 5.48 Å². The van der Waals surface area contributed by atoms with Crippen molar-refractivity contribution in [3.63, 3.8) is 0 Å². The Balaban J connectivity index is 2.69. The molecule has 0 aromatic carbocycles. The van der Waals surface area contributed by atoms with Gasteiger partial charge in [-0.25, -0.2) is 9.78 Å². The van der Waals surface area contributed by atoms with Gasteiger partial charge < -0.3 is 4.74 Å². The molecule has 5 nitrogen and oxygen atoms in total. The van der Waals surface area contributed by atoms with Crippen LogP contribution in [0.3, 0.4) is 0 Å². The van der Waals surface area contributed by atoms with Crippen LogP contribution >= 0.6 is 0 Å². The predicted molar refractivity (Wildman–Crippen MR) is 38.5 cm³/mol. The minimum Gasteiger partial charge on any atom is -0.354 e.